The predicted molar refractivity (Wildman–Crippen MR) is 52.0 cm³/mol. The van der Waals surface area contributed by atoms with E-state index >= 15 is 0 Å². The molecule has 1 aliphatic heterocycles. The highest BCUT2D eigenvalue weighted by molar-refractivity contribution is 7.80. The van der Waals surface area contributed by atoms with Crippen LogP contribution < -0.4 is 5.32 Å². The molecule has 66 valence electrons. The van der Waals surface area contributed by atoms with Crippen LogP contribution in [0.1, 0.15) is 0 Å². The van der Waals surface area contributed by atoms with Gasteiger partial charge in [0.25, 0.3) is 0 Å². The van der Waals surface area contributed by atoms with Crippen molar-refractivity contribution < 1.29 is 4.79 Å². The Kier molecular flexibility index (Phi) is 3.66. The van der Waals surface area contributed by atoms with E-state index in [1.807, 2.05) is 0 Å². The Morgan fingerprint density at radius 1 is 1.75 bits per heavy atom. The summed E-state index contributed by atoms with van der Waals surface area (Å²) in [6, 6.07) is 0.00699. The molecule has 1 N–H and O–H groups in total. The minimum Gasteiger partial charge on any atom is -0.336 e. The van der Waals surface area contributed by atoms with Gasteiger partial charge in [-0.2, -0.15) is 0 Å². The second-order valence-corrected chi connectivity index (χ2v) is 2.68. The lowest BCUT2D eigenvalue weighted by Gasteiger charge is -2.10. The molecule has 5 heteroatoms. The largest absolute Gasteiger partial charge is 0.336 e. The van der Waals surface area contributed by atoms with Crippen molar-refractivity contribution >= 4 is 29.8 Å². The number of hydrogen-bond acceptors (Lipinski definition) is 3. The molecule has 0 aromatic carbocycles. The van der Waals surface area contributed by atoms with E-state index in [0.717, 1.165) is 13.1 Å². The summed E-state index contributed by atoms with van der Waals surface area (Å²) in [5.41, 5.74) is 0. The van der Waals surface area contributed by atoms with E-state index < -0.39 is 0 Å². The number of nitrogens with one attached hydrogen (secondary N) is 1. The number of carbonyl (C=O) groups excluding carboxylic acids is 1. The fraction of sp³-hybridized carbons (Fsp3) is 0.571. The standard InChI is InChI=1S/C7H11N3OS/c11-7-9-2-5-10(7)4-1-8-3-6-12/h3,6H,1-2,4-5H2,(H,9,11). The predicted octanol–water partition coefficient (Wildman–Crippen LogP) is 0.0821. The SMILES string of the molecule is O=C1NCCN1CCN=CC=S. The van der Waals surface area contributed by atoms with Crippen LogP contribution in [0, 0.1) is 0 Å². The van der Waals surface area contributed by atoms with Crippen molar-refractivity contribution in [3.63, 3.8) is 0 Å². The monoisotopic (exact) mass is 185 g/mol. The fourth-order valence-electron chi connectivity index (χ4n) is 1.02. The molecule has 0 atom stereocenters. The molecule has 1 saturated heterocycles. The summed E-state index contributed by atoms with van der Waals surface area (Å²) in [5, 5.41) is 4.18. The van der Waals surface area contributed by atoms with Crippen LogP contribution in [0.3, 0.4) is 0 Å². The first kappa shape index (κ1) is 9.12. The van der Waals surface area contributed by atoms with Crippen molar-refractivity contribution in [2.75, 3.05) is 26.2 Å². The molecule has 0 bridgehead atoms. The Balaban J connectivity index is 2.18. The van der Waals surface area contributed by atoms with E-state index in [1.54, 1.807) is 11.1 Å². The maximum Gasteiger partial charge on any atom is 0.317 e. The van der Waals surface area contributed by atoms with Gasteiger partial charge < -0.3 is 10.2 Å². The number of urea groups is 1. The number of carbonyl (C=O) groups is 1. The number of aliphatic imine (C=N–C) groups is 1. The molecular weight excluding hydrogens is 174 g/mol. The zero-order chi connectivity index (χ0) is 8.81. The summed E-state index contributed by atoms with van der Waals surface area (Å²) in [7, 11) is 0. The van der Waals surface area contributed by atoms with E-state index in [0.29, 0.717) is 13.1 Å². The van der Waals surface area contributed by atoms with Crippen LogP contribution in [0.15, 0.2) is 4.99 Å². The lowest BCUT2D eigenvalue weighted by Crippen LogP contribution is -2.30. The van der Waals surface area contributed by atoms with Gasteiger partial charge in [-0.05, 0) is 0 Å². The first-order valence-corrected chi connectivity index (χ1v) is 4.28. The lowest BCUT2D eigenvalue weighted by atomic mass is 10.5. The number of nitrogens with zero attached hydrogens (tertiary/aromatic N) is 2. The Morgan fingerprint density at radius 2 is 2.58 bits per heavy atom. The Morgan fingerprint density at radius 3 is 3.17 bits per heavy atom. The Labute approximate surface area is 76.6 Å². The van der Waals surface area contributed by atoms with Gasteiger partial charge in [0, 0.05) is 31.2 Å². The fourth-order valence-corrected chi connectivity index (χ4v) is 1.11. The molecule has 0 aliphatic carbocycles. The van der Waals surface area contributed by atoms with Crippen LogP contribution in [0.4, 0.5) is 4.79 Å². The molecule has 1 fully saturated rings. The Bertz CT molecular complexity index is 205. The smallest absolute Gasteiger partial charge is 0.317 e. The minimum atomic E-state index is 0.00699. The average molecular weight is 185 g/mol. The van der Waals surface area contributed by atoms with E-state index in [2.05, 4.69) is 22.5 Å². The van der Waals surface area contributed by atoms with Crippen LogP contribution in [-0.4, -0.2) is 48.7 Å². The van der Waals surface area contributed by atoms with E-state index in [9.17, 15) is 4.79 Å². The second kappa shape index (κ2) is 4.82. The van der Waals surface area contributed by atoms with Crippen molar-refractivity contribution in [2.24, 2.45) is 4.99 Å². The molecule has 12 heavy (non-hydrogen) atoms. The second-order valence-electron chi connectivity index (χ2n) is 2.41. The van der Waals surface area contributed by atoms with Crippen molar-refractivity contribution in [3.05, 3.63) is 0 Å². The maximum atomic E-state index is 11.0. The summed E-state index contributed by atoms with van der Waals surface area (Å²) in [6.07, 6.45) is 1.57. The van der Waals surface area contributed by atoms with Crippen molar-refractivity contribution in [1.29, 1.82) is 0 Å². The molecular formula is C7H11N3OS. The molecule has 0 radical (unpaired) electrons. The van der Waals surface area contributed by atoms with Gasteiger partial charge in [0.15, 0.2) is 0 Å². The number of amides is 2. The first-order chi connectivity index (χ1) is 5.84. The maximum absolute atomic E-state index is 11.0. The number of thiocarbonyl (C=S) groups is 1. The zero-order valence-corrected chi connectivity index (χ0v) is 7.51. The van der Waals surface area contributed by atoms with Gasteiger partial charge >= 0.3 is 6.03 Å². The van der Waals surface area contributed by atoms with Gasteiger partial charge in [-0.3, -0.25) is 4.99 Å². The van der Waals surface area contributed by atoms with Crippen LogP contribution in [0.25, 0.3) is 0 Å². The molecule has 0 aromatic rings. The van der Waals surface area contributed by atoms with E-state index in [1.165, 1.54) is 5.37 Å². The molecule has 0 spiro atoms. The van der Waals surface area contributed by atoms with Crippen molar-refractivity contribution in [2.45, 2.75) is 0 Å². The van der Waals surface area contributed by atoms with Crippen LogP contribution >= 0.6 is 12.2 Å². The molecule has 4 nitrogen and oxygen atoms in total. The highest BCUT2D eigenvalue weighted by atomic mass is 32.1. The third-order valence-corrected chi connectivity index (χ3v) is 1.73. The molecule has 1 aliphatic rings. The number of rotatable bonds is 4. The minimum absolute atomic E-state index is 0.00699. The normalized spacial score (nSPS) is 17.0. The molecule has 1 rings (SSSR count). The van der Waals surface area contributed by atoms with Gasteiger partial charge in [-0.1, -0.05) is 12.2 Å². The third kappa shape index (κ3) is 2.58. The van der Waals surface area contributed by atoms with Gasteiger partial charge in [0.05, 0.1) is 6.54 Å². The molecule has 0 saturated carbocycles. The first-order valence-electron chi connectivity index (χ1n) is 3.81. The molecule has 2 amide bonds. The van der Waals surface area contributed by atoms with Gasteiger partial charge in [0.1, 0.15) is 0 Å². The molecule has 1 heterocycles. The van der Waals surface area contributed by atoms with Crippen LogP contribution in [0.5, 0.6) is 0 Å². The van der Waals surface area contributed by atoms with Gasteiger partial charge in [-0.15, -0.1) is 0 Å². The van der Waals surface area contributed by atoms with Gasteiger partial charge in [-0.25, -0.2) is 4.79 Å². The average Bonchev–Trinajstić information content (AvgIpc) is 2.46. The molecule has 0 unspecified atom stereocenters. The highest BCUT2D eigenvalue weighted by Gasteiger charge is 2.17. The number of hydrogen-bond donors (Lipinski definition) is 1. The third-order valence-electron chi connectivity index (χ3n) is 1.61. The van der Waals surface area contributed by atoms with Gasteiger partial charge in [0.2, 0.25) is 0 Å². The zero-order valence-electron chi connectivity index (χ0n) is 6.69. The summed E-state index contributed by atoms with van der Waals surface area (Å²) in [5.74, 6) is 0. The van der Waals surface area contributed by atoms with E-state index in [-0.39, 0.29) is 6.03 Å². The Hall–Kier alpha value is -0.970. The van der Waals surface area contributed by atoms with Crippen LogP contribution in [-0.2, 0) is 0 Å². The summed E-state index contributed by atoms with van der Waals surface area (Å²) >= 11 is 4.56. The van der Waals surface area contributed by atoms with Crippen LogP contribution in [0.2, 0.25) is 0 Å². The van der Waals surface area contributed by atoms with Crippen molar-refractivity contribution in [3.8, 4) is 0 Å². The highest BCUT2D eigenvalue weighted by Crippen LogP contribution is 1.94. The van der Waals surface area contributed by atoms with Crippen molar-refractivity contribution in [1.82, 2.24) is 10.2 Å². The quantitative estimate of drug-likeness (QED) is 0.498. The summed E-state index contributed by atoms with van der Waals surface area (Å²) in [4.78, 5) is 16.7. The summed E-state index contributed by atoms with van der Waals surface area (Å²) < 4.78 is 0. The topological polar surface area (TPSA) is 44.7 Å². The molecule has 0 aromatic heterocycles. The summed E-state index contributed by atoms with van der Waals surface area (Å²) in [6.45, 7) is 2.83. The lowest BCUT2D eigenvalue weighted by molar-refractivity contribution is 0.218. The van der Waals surface area contributed by atoms with E-state index in [4.69, 9.17) is 0 Å².